The van der Waals surface area contributed by atoms with Crippen LogP contribution >= 0.6 is 11.8 Å². The molecular formula is C11H23NOS. The Morgan fingerprint density at radius 2 is 2.21 bits per heavy atom. The fourth-order valence-corrected chi connectivity index (χ4v) is 1.86. The van der Waals surface area contributed by atoms with Crippen LogP contribution in [0.15, 0.2) is 12.7 Å². The van der Waals surface area contributed by atoms with Crippen molar-refractivity contribution in [3.8, 4) is 0 Å². The van der Waals surface area contributed by atoms with Crippen LogP contribution in [0, 0.1) is 0 Å². The van der Waals surface area contributed by atoms with Gasteiger partial charge in [0, 0.05) is 12.1 Å². The van der Waals surface area contributed by atoms with Crippen LogP contribution in [0.25, 0.3) is 0 Å². The van der Waals surface area contributed by atoms with Crippen molar-refractivity contribution in [1.82, 2.24) is 5.32 Å². The van der Waals surface area contributed by atoms with Crippen LogP contribution in [0.3, 0.4) is 0 Å². The van der Waals surface area contributed by atoms with E-state index in [1.165, 1.54) is 0 Å². The maximum Gasteiger partial charge on any atom is 0.0585 e. The smallest absolute Gasteiger partial charge is 0.0585 e. The third-order valence-corrected chi connectivity index (χ3v) is 2.86. The van der Waals surface area contributed by atoms with Gasteiger partial charge in [-0.15, -0.1) is 6.58 Å². The molecule has 0 aromatic heterocycles. The molecule has 0 aliphatic carbocycles. The quantitative estimate of drug-likeness (QED) is 0.580. The van der Waals surface area contributed by atoms with Crippen LogP contribution in [0.5, 0.6) is 0 Å². The largest absolute Gasteiger partial charge is 0.395 e. The minimum absolute atomic E-state index is 0.235. The second-order valence-corrected chi connectivity index (χ2v) is 4.58. The zero-order valence-corrected chi connectivity index (χ0v) is 10.1. The van der Waals surface area contributed by atoms with E-state index in [-0.39, 0.29) is 12.6 Å². The normalized spacial score (nSPS) is 15.1. The van der Waals surface area contributed by atoms with Crippen molar-refractivity contribution in [3.63, 3.8) is 0 Å². The molecule has 0 heterocycles. The predicted molar refractivity (Wildman–Crippen MR) is 65.9 cm³/mol. The summed E-state index contributed by atoms with van der Waals surface area (Å²) in [7, 11) is 0. The Kier molecular flexibility index (Phi) is 9.57. The Bertz CT molecular complexity index is 141. The van der Waals surface area contributed by atoms with Crippen molar-refractivity contribution in [3.05, 3.63) is 12.7 Å². The molecule has 2 atom stereocenters. The van der Waals surface area contributed by atoms with E-state index < -0.39 is 0 Å². The molecular weight excluding hydrogens is 194 g/mol. The van der Waals surface area contributed by atoms with E-state index >= 15 is 0 Å². The molecule has 84 valence electrons. The Labute approximate surface area is 92.2 Å². The highest BCUT2D eigenvalue weighted by atomic mass is 32.2. The van der Waals surface area contributed by atoms with Gasteiger partial charge >= 0.3 is 0 Å². The second-order valence-electron chi connectivity index (χ2n) is 3.59. The topological polar surface area (TPSA) is 32.3 Å². The molecule has 0 bridgehead atoms. The first kappa shape index (κ1) is 14.0. The van der Waals surface area contributed by atoms with E-state index in [9.17, 15) is 0 Å². The van der Waals surface area contributed by atoms with Gasteiger partial charge in [0.1, 0.15) is 0 Å². The fraction of sp³-hybridized carbons (Fsp3) is 0.818. The Balaban J connectivity index is 3.61. The number of aliphatic hydroxyl groups is 1. The van der Waals surface area contributed by atoms with Gasteiger partial charge in [-0.05, 0) is 38.2 Å². The Morgan fingerprint density at radius 1 is 1.50 bits per heavy atom. The summed E-state index contributed by atoms with van der Waals surface area (Å²) in [6.07, 6.45) is 7.20. The standard InChI is InChI=1S/C11H23NOS/c1-4-5-6-10(2)12-11(9-13)7-8-14-3/h4,10-13H,1,5-9H2,2-3H3. The van der Waals surface area contributed by atoms with Gasteiger partial charge < -0.3 is 10.4 Å². The van der Waals surface area contributed by atoms with Crippen molar-refractivity contribution in [2.45, 2.75) is 38.3 Å². The Morgan fingerprint density at radius 3 is 2.71 bits per heavy atom. The number of allylic oxidation sites excluding steroid dienone is 1. The molecule has 0 fully saturated rings. The summed E-state index contributed by atoms with van der Waals surface area (Å²) in [5.74, 6) is 1.10. The lowest BCUT2D eigenvalue weighted by atomic mass is 10.1. The molecule has 0 saturated carbocycles. The third kappa shape index (κ3) is 7.42. The van der Waals surface area contributed by atoms with Gasteiger partial charge in [-0.2, -0.15) is 11.8 Å². The van der Waals surface area contributed by atoms with Crippen LogP contribution in [0.2, 0.25) is 0 Å². The summed E-state index contributed by atoms with van der Waals surface area (Å²) in [6.45, 7) is 6.09. The molecule has 0 amide bonds. The minimum Gasteiger partial charge on any atom is -0.395 e. The van der Waals surface area contributed by atoms with E-state index in [0.717, 1.165) is 25.0 Å². The summed E-state index contributed by atoms with van der Waals surface area (Å²) < 4.78 is 0. The number of nitrogens with one attached hydrogen (secondary N) is 1. The maximum atomic E-state index is 9.14. The zero-order chi connectivity index (χ0) is 10.8. The molecule has 0 saturated heterocycles. The monoisotopic (exact) mass is 217 g/mol. The van der Waals surface area contributed by atoms with E-state index in [1.807, 2.05) is 17.8 Å². The lowest BCUT2D eigenvalue weighted by molar-refractivity contribution is 0.228. The third-order valence-electron chi connectivity index (χ3n) is 2.21. The van der Waals surface area contributed by atoms with E-state index in [2.05, 4.69) is 25.1 Å². The molecule has 0 aliphatic heterocycles. The molecule has 14 heavy (non-hydrogen) atoms. The highest BCUT2D eigenvalue weighted by molar-refractivity contribution is 7.98. The predicted octanol–water partition coefficient (Wildman–Crippen LogP) is 2.04. The van der Waals surface area contributed by atoms with Crippen LogP contribution in [0.1, 0.15) is 26.2 Å². The lowest BCUT2D eigenvalue weighted by Gasteiger charge is -2.21. The van der Waals surface area contributed by atoms with Gasteiger partial charge in [0.05, 0.1) is 6.61 Å². The van der Waals surface area contributed by atoms with Crippen LogP contribution in [-0.4, -0.2) is 35.8 Å². The van der Waals surface area contributed by atoms with Crippen molar-refractivity contribution in [1.29, 1.82) is 0 Å². The number of rotatable bonds is 9. The number of hydrogen-bond acceptors (Lipinski definition) is 3. The SMILES string of the molecule is C=CCCC(C)NC(CO)CCSC. The molecule has 0 spiro atoms. The van der Waals surface area contributed by atoms with Crippen LogP contribution in [-0.2, 0) is 0 Å². The summed E-state index contributed by atoms with van der Waals surface area (Å²) in [4.78, 5) is 0. The molecule has 2 nitrogen and oxygen atoms in total. The van der Waals surface area contributed by atoms with Gasteiger partial charge in [0.2, 0.25) is 0 Å². The van der Waals surface area contributed by atoms with Gasteiger partial charge in [-0.25, -0.2) is 0 Å². The molecule has 0 aliphatic rings. The average molecular weight is 217 g/mol. The van der Waals surface area contributed by atoms with Crippen molar-refractivity contribution < 1.29 is 5.11 Å². The molecule has 3 heteroatoms. The van der Waals surface area contributed by atoms with Crippen molar-refractivity contribution in [2.24, 2.45) is 0 Å². The van der Waals surface area contributed by atoms with Gasteiger partial charge in [-0.1, -0.05) is 6.08 Å². The van der Waals surface area contributed by atoms with Gasteiger partial charge in [-0.3, -0.25) is 0 Å². The highest BCUT2D eigenvalue weighted by Crippen LogP contribution is 2.03. The van der Waals surface area contributed by atoms with E-state index in [1.54, 1.807) is 0 Å². The maximum absolute atomic E-state index is 9.14. The highest BCUT2D eigenvalue weighted by Gasteiger charge is 2.09. The van der Waals surface area contributed by atoms with E-state index in [4.69, 9.17) is 5.11 Å². The molecule has 2 unspecified atom stereocenters. The average Bonchev–Trinajstić information content (AvgIpc) is 2.21. The summed E-state index contributed by atoms with van der Waals surface area (Å²) >= 11 is 1.82. The summed E-state index contributed by atoms with van der Waals surface area (Å²) in [6, 6.07) is 0.717. The first-order chi connectivity index (χ1) is 6.74. The molecule has 0 aromatic rings. The Hall–Kier alpha value is 0.0100. The fourth-order valence-electron chi connectivity index (χ4n) is 1.34. The second kappa shape index (κ2) is 9.56. The first-order valence-electron chi connectivity index (χ1n) is 5.21. The first-order valence-corrected chi connectivity index (χ1v) is 6.60. The van der Waals surface area contributed by atoms with Crippen molar-refractivity contribution >= 4 is 11.8 Å². The summed E-state index contributed by atoms with van der Waals surface area (Å²) in [5.41, 5.74) is 0. The molecule has 2 N–H and O–H groups in total. The van der Waals surface area contributed by atoms with Crippen LogP contribution < -0.4 is 5.32 Å². The zero-order valence-electron chi connectivity index (χ0n) is 9.33. The minimum atomic E-state index is 0.235. The molecule has 0 rings (SSSR count). The van der Waals surface area contributed by atoms with Crippen molar-refractivity contribution in [2.75, 3.05) is 18.6 Å². The molecule has 0 aromatic carbocycles. The summed E-state index contributed by atoms with van der Waals surface area (Å²) in [5, 5.41) is 12.6. The molecule has 0 radical (unpaired) electrons. The van der Waals surface area contributed by atoms with Crippen LogP contribution in [0.4, 0.5) is 0 Å². The van der Waals surface area contributed by atoms with Gasteiger partial charge in [0.25, 0.3) is 0 Å². The number of thioether (sulfide) groups is 1. The van der Waals surface area contributed by atoms with Gasteiger partial charge in [0.15, 0.2) is 0 Å². The lowest BCUT2D eigenvalue weighted by Crippen LogP contribution is -2.39. The van der Waals surface area contributed by atoms with E-state index in [0.29, 0.717) is 6.04 Å². The number of aliphatic hydroxyl groups excluding tert-OH is 1. The number of hydrogen-bond donors (Lipinski definition) is 2.